The number of carboxylic acids is 1. The molecule has 4 N–H and O–H groups in total. The van der Waals surface area contributed by atoms with Crippen LogP contribution in [0.3, 0.4) is 0 Å². The first-order chi connectivity index (χ1) is 8.38. The van der Waals surface area contributed by atoms with E-state index in [1.807, 2.05) is 0 Å². The predicted molar refractivity (Wildman–Crippen MR) is 62.9 cm³/mol. The molecule has 0 aliphatic carbocycles. The van der Waals surface area contributed by atoms with Gasteiger partial charge in [0.05, 0.1) is 6.42 Å². The highest BCUT2D eigenvalue weighted by Crippen LogP contribution is 1.95. The van der Waals surface area contributed by atoms with Crippen LogP contribution in [0.2, 0.25) is 0 Å². The van der Waals surface area contributed by atoms with Gasteiger partial charge < -0.3 is 25.8 Å². The number of hydrogen-bond donors (Lipinski definition) is 3. The Balaban J connectivity index is 4.23. The Morgan fingerprint density at radius 2 is 2.06 bits per heavy atom. The molecule has 0 rings (SSSR count). The molecule has 8 heteroatoms. The van der Waals surface area contributed by atoms with E-state index in [1.165, 1.54) is 11.9 Å². The number of carboxylic acid groups (broad SMARTS) is 1. The van der Waals surface area contributed by atoms with Crippen molar-refractivity contribution in [3.05, 3.63) is 0 Å². The van der Waals surface area contributed by atoms with Crippen LogP contribution in [-0.4, -0.2) is 61.3 Å². The Hall–Kier alpha value is -1.83. The van der Waals surface area contributed by atoms with Crippen LogP contribution in [0.4, 0.5) is 4.79 Å². The lowest BCUT2D eigenvalue weighted by atomic mass is 10.2. The fraction of sp³-hybridized carbons (Fsp3) is 0.700. The number of nitrogens with zero attached hydrogens (tertiary/aromatic N) is 1. The smallest absolute Gasteiger partial charge is 0.326 e. The van der Waals surface area contributed by atoms with E-state index in [-0.39, 0.29) is 0 Å². The molecule has 0 radical (unpaired) electrons. The van der Waals surface area contributed by atoms with Crippen molar-refractivity contribution in [2.45, 2.75) is 18.9 Å². The molecular formula is C10H19N3O5. The Labute approximate surface area is 105 Å². The molecule has 0 aromatic heterocycles. The molecule has 0 fully saturated rings. The van der Waals surface area contributed by atoms with Gasteiger partial charge in [-0.05, 0) is 6.42 Å². The topological polar surface area (TPSA) is 122 Å². The van der Waals surface area contributed by atoms with Crippen LogP contribution in [0.1, 0.15) is 12.8 Å². The summed E-state index contributed by atoms with van der Waals surface area (Å²) in [6.07, 6.45) is 0.195. The second kappa shape index (κ2) is 8.29. The van der Waals surface area contributed by atoms with Gasteiger partial charge in [-0.3, -0.25) is 4.79 Å². The SMILES string of the molecule is COCCCN(C)C(=O)NC(CC(N)=O)C(=O)O. The van der Waals surface area contributed by atoms with E-state index in [1.54, 1.807) is 7.11 Å². The fourth-order valence-electron chi connectivity index (χ4n) is 1.21. The van der Waals surface area contributed by atoms with Crippen molar-refractivity contribution in [3.63, 3.8) is 0 Å². The largest absolute Gasteiger partial charge is 0.480 e. The molecular weight excluding hydrogens is 242 g/mol. The van der Waals surface area contributed by atoms with Crippen LogP contribution in [0, 0.1) is 0 Å². The summed E-state index contributed by atoms with van der Waals surface area (Å²) in [7, 11) is 3.07. The van der Waals surface area contributed by atoms with Gasteiger partial charge in [-0.15, -0.1) is 0 Å². The number of carbonyl (C=O) groups is 3. The molecule has 0 aromatic carbocycles. The van der Waals surface area contributed by atoms with Crippen molar-refractivity contribution in [2.75, 3.05) is 27.3 Å². The van der Waals surface area contributed by atoms with Crippen LogP contribution in [0.15, 0.2) is 0 Å². The van der Waals surface area contributed by atoms with Crippen molar-refractivity contribution in [1.82, 2.24) is 10.2 Å². The van der Waals surface area contributed by atoms with Gasteiger partial charge in [0, 0.05) is 27.3 Å². The summed E-state index contributed by atoms with van der Waals surface area (Å²) in [5, 5.41) is 11.0. The van der Waals surface area contributed by atoms with Gasteiger partial charge in [0.2, 0.25) is 5.91 Å². The Kier molecular flexibility index (Phi) is 7.45. The third kappa shape index (κ3) is 6.69. The standard InChI is InChI=1S/C10H19N3O5/c1-13(4-3-5-18-2)10(17)12-7(9(15)16)6-8(11)14/h7H,3-6H2,1-2H3,(H2,11,14)(H,12,17)(H,15,16). The number of rotatable bonds is 8. The van der Waals surface area contributed by atoms with Crippen molar-refractivity contribution in [2.24, 2.45) is 5.73 Å². The van der Waals surface area contributed by atoms with Crippen LogP contribution < -0.4 is 11.1 Å². The molecule has 0 aliphatic rings. The second-order valence-corrected chi connectivity index (χ2v) is 3.78. The highest BCUT2D eigenvalue weighted by Gasteiger charge is 2.23. The Bertz CT molecular complexity index is 308. The van der Waals surface area contributed by atoms with E-state index in [2.05, 4.69) is 5.32 Å². The van der Waals surface area contributed by atoms with Crippen molar-refractivity contribution < 1.29 is 24.2 Å². The summed E-state index contributed by atoms with van der Waals surface area (Å²) in [6.45, 7) is 0.920. The number of nitrogens with two attached hydrogens (primary N) is 1. The van der Waals surface area contributed by atoms with Crippen molar-refractivity contribution >= 4 is 17.9 Å². The lowest BCUT2D eigenvalue weighted by molar-refractivity contribution is -0.140. The summed E-state index contributed by atoms with van der Waals surface area (Å²) in [5.41, 5.74) is 4.90. The summed E-state index contributed by atoms with van der Waals surface area (Å²) in [6, 6.07) is -1.88. The van der Waals surface area contributed by atoms with Gasteiger partial charge in [-0.25, -0.2) is 9.59 Å². The minimum absolute atomic E-state index is 0.419. The maximum atomic E-state index is 11.6. The fourth-order valence-corrected chi connectivity index (χ4v) is 1.21. The van der Waals surface area contributed by atoms with E-state index in [9.17, 15) is 14.4 Å². The molecule has 0 spiro atoms. The number of nitrogens with one attached hydrogen (secondary N) is 1. The third-order valence-corrected chi connectivity index (χ3v) is 2.19. The van der Waals surface area contributed by atoms with Gasteiger partial charge in [0.25, 0.3) is 0 Å². The van der Waals surface area contributed by atoms with Gasteiger partial charge in [0.15, 0.2) is 0 Å². The minimum atomic E-state index is -1.31. The monoisotopic (exact) mass is 261 g/mol. The molecule has 1 unspecified atom stereocenters. The van der Waals surface area contributed by atoms with Gasteiger partial charge in [0.1, 0.15) is 6.04 Å². The van der Waals surface area contributed by atoms with Gasteiger partial charge >= 0.3 is 12.0 Å². The van der Waals surface area contributed by atoms with E-state index in [0.29, 0.717) is 19.6 Å². The molecule has 1 atom stereocenters. The van der Waals surface area contributed by atoms with E-state index >= 15 is 0 Å². The molecule has 8 nitrogen and oxygen atoms in total. The average molecular weight is 261 g/mol. The summed E-state index contributed by atoms with van der Waals surface area (Å²) < 4.78 is 4.83. The summed E-state index contributed by atoms with van der Waals surface area (Å²) in [5.74, 6) is -2.09. The number of aliphatic carboxylic acids is 1. The summed E-state index contributed by atoms with van der Waals surface area (Å²) in [4.78, 5) is 34.4. The van der Waals surface area contributed by atoms with Crippen LogP contribution >= 0.6 is 0 Å². The molecule has 0 heterocycles. The second-order valence-electron chi connectivity index (χ2n) is 3.78. The van der Waals surface area contributed by atoms with Crippen molar-refractivity contribution in [1.29, 1.82) is 0 Å². The zero-order valence-electron chi connectivity index (χ0n) is 10.5. The van der Waals surface area contributed by atoms with Crippen LogP contribution in [0.25, 0.3) is 0 Å². The molecule has 0 saturated heterocycles. The number of primary amides is 1. The maximum Gasteiger partial charge on any atom is 0.326 e. The Morgan fingerprint density at radius 1 is 1.44 bits per heavy atom. The van der Waals surface area contributed by atoms with Crippen LogP contribution in [0.5, 0.6) is 0 Å². The first kappa shape index (κ1) is 16.2. The normalized spacial score (nSPS) is 11.7. The van der Waals surface area contributed by atoms with Gasteiger partial charge in [-0.1, -0.05) is 0 Å². The van der Waals surface area contributed by atoms with Crippen LogP contribution in [-0.2, 0) is 14.3 Å². The highest BCUT2D eigenvalue weighted by atomic mass is 16.5. The molecule has 3 amide bonds. The number of methoxy groups -OCH3 is 1. The number of carbonyl (C=O) groups excluding carboxylic acids is 2. The quantitative estimate of drug-likeness (QED) is 0.483. The lowest BCUT2D eigenvalue weighted by Crippen LogP contribution is -2.48. The molecule has 0 aliphatic heterocycles. The maximum absolute atomic E-state index is 11.6. The highest BCUT2D eigenvalue weighted by molar-refractivity contribution is 5.87. The first-order valence-electron chi connectivity index (χ1n) is 5.40. The molecule has 0 bridgehead atoms. The molecule has 0 saturated carbocycles. The predicted octanol–water partition coefficient (Wildman–Crippen LogP) is -1.01. The molecule has 18 heavy (non-hydrogen) atoms. The number of urea groups is 1. The molecule has 0 aromatic rings. The van der Waals surface area contributed by atoms with E-state index in [4.69, 9.17) is 15.6 Å². The van der Waals surface area contributed by atoms with E-state index in [0.717, 1.165) is 0 Å². The first-order valence-corrected chi connectivity index (χ1v) is 5.40. The zero-order valence-corrected chi connectivity index (χ0v) is 10.5. The third-order valence-electron chi connectivity index (χ3n) is 2.19. The Morgan fingerprint density at radius 3 is 2.50 bits per heavy atom. The van der Waals surface area contributed by atoms with Crippen molar-refractivity contribution in [3.8, 4) is 0 Å². The zero-order chi connectivity index (χ0) is 14.1. The van der Waals surface area contributed by atoms with E-state index < -0.39 is 30.4 Å². The molecule has 104 valence electrons. The summed E-state index contributed by atoms with van der Waals surface area (Å²) >= 11 is 0. The minimum Gasteiger partial charge on any atom is -0.480 e. The lowest BCUT2D eigenvalue weighted by Gasteiger charge is -2.20. The average Bonchev–Trinajstić information content (AvgIpc) is 2.27. The number of ether oxygens (including phenoxy) is 1. The number of amides is 3. The number of hydrogen-bond acceptors (Lipinski definition) is 4. The van der Waals surface area contributed by atoms with Gasteiger partial charge in [-0.2, -0.15) is 0 Å².